The summed E-state index contributed by atoms with van der Waals surface area (Å²) in [5.41, 5.74) is 0. The first-order chi connectivity index (χ1) is 11.0. The number of aliphatic carboxylic acids is 1. The molecule has 134 valence electrons. The fraction of sp³-hybridized carbons (Fsp3) is 0.824. The molecule has 0 aliphatic carbocycles. The molecule has 6 nitrogen and oxygen atoms in total. The number of rotatable bonds is 15. The molecule has 0 aromatic heterocycles. The number of hydrogen-bond acceptors (Lipinski definition) is 4. The van der Waals surface area contributed by atoms with Gasteiger partial charge in [0.1, 0.15) is 11.8 Å². The Morgan fingerprint density at radius 1 is 0.957 bits per heavy atom. The summed E-state index contributed by atoms with van der Waals surface area (Å²) >= 11 is 0. The van der Waals surface area contributed by atoms with Gasteiger partial charge < -0.3 is 15.7 Å². The van der Waals surface area contributed by atoms with Crippen LogP contribution in [0.15, 0.2) is 0 Å². The number of nitrogens with one attached hydrogen (secondary N) is 2. The Balaban J connectivity index is 3.83. The molecule has 0 heterocycles. The molecule has 1 atom stereocenters. The summed E-state index contributed by atoms with van der Waals surface area (Å²) in [7, 11) is 0. The number of carbonyl (C=O) groups is 3. The number of hydrogen-bond donors (Lipinski definition) is 3. The van der Waals surface area contributed by atoms with E-state index in [1.807, 2.05) is 13.8 Å². The highest BCUT2D eigenvalue weighted by atomic mass is 16.4. The number of amides is 1. The van der Waals surface area contributed by atoms with Crippen molar-refractivity contribution in [2.75, 3.05) is 13.1 Å². The predicted octanol–water partition coefficient (Wildman–Crippen LogP) is 2.27. The van der Waals surface area contributed by atoms with Gasteiger partial charge in [-0.25, -0.2) is 4.79 Å². The Kier molecular flexibility index (Phi) is 13.3. The summed E-state index contributed by atoms with van der Waals surface area (Å²) in [6, 6.07) is -0.800. The third-order valence-corrected chi connectivity index (χ3v) is 3.73. The number of ketones is 1. The quantitative estimate of drug-likeness (QED) is 0.401. The van der Waals surface area contributed by atoms with Crippen LogP contribution in [0.4, 0.5) is 0 Å². The van der Waals surface area contributed by atoms with Crippen molar-refractivity contribution in [3.8, 4) is 0 Å². The summed E-state index contributed by atoms with van der Waals surface area (Å²) in [5, 5.41) is 14.9. The van der Waals surface area contributed by atoms with Gasteiger partial charge in [0, 0.05) is 19.3 Å². The highest BCUT2D eigenvalue weighted by molar-refractivity contribution is 5.83. The van der Waals surface area contributed by atoms with E-state index in [-0.39, 0.29) is 11.7 Å². The van der Waals surface area contributed by atoms with Crippen LogP contribution >= 0.6 is 0 Å². The average molecular weight is 328 g/mol. The van der Waals surface area contributed by atoms with Gasteiger partial charge in [0.15, 0.2) is 0 Å². The van der Waals surface area contributed by atoms with Gasteiger partial charge >= 0.3 is 5.97 Å². The van der Waals surface area contributed by atoms with E-state index in [1.54, 1.807) is 0 Å². The third kappa shape index (κ3) is 12.8. The third-order valence-electron chi connectivity index (χ3n) is 3.73. The van der Waals surface area contributed by atoms with E-state index < -0.39 is 12.0 Å². The molecule has 0 saturated carbocycles. The first-order valence-electron chi connectivity index (χ1n) is 8.75. The Labute approximate surface area is 139 Å². The van der Waals surface area contributed by atoms with Crippen molar-refractivity contribution < 1.29 is 19.5 Å². The molecule has 0 fully saturated rings. The van der Waals surface area contributed by atoms with E-state index in [1.165, 1.54) is 0 Å². The summed E-state index contributed by atoms with van der Waals surface area (Å²) in [6.07, 6.45) is 5.89. The largest absolute Gasteiger partial charge is 0.480 e. The Morgan fingerprint density at radius 2 is 1.65 bits per heavy atom. The molecule has 1 amide bonds. The molecule has 0 aromatic carbocycles. The van der Waals surface area contributed by atoms with E-state index in [0.29, 0.717) is 32.1 Å². The van der Waals surface area contributed by atoms with Crippen molar-refractivity contribution in [1.29, 1.82) is 0 Å². The SMILES string of the molecule is CCNCCCCC(NC(=O)CCCCCC(=O)CC)C(=O)O. The van der Waals surface area contributed by atoms with Crippen LogP contribution in [0.25, 0.3) is 0 Å². The zero-order chi connectivity index (χ0) is 17.5. The van der Waals surface area contributed by atoms with Crippen LogP contribution in [-0.4, -0.2) is 41.9 Å². The van der Waals surface area contributed by atoms with Crippen molar-refractivity contribution in [3.05, 3.63) is 0 Å². The zero-order valence-electron chi connectivity index (χ0n) is 14.5. The lowest BCUT2D eigenvalue weighted by Gasteiger charge is -2.14. The molecule has 0 saturated heterocycles. The fourth-order valence-corrected chi connectivity index (χ4v) is 2.26. The average Bonchev–Trinajstić information content (AvgIpc) is 2.52. The molecule has 0 aliphatic rings. The number of carbonyl (C=O) groups excluding carboxylic acids is 2. The minimum absolute atomic E-state index is 0.217. The fourth-order valence-electron chi connectivity index (χ4n) is 2.26. The van der Waals surface area contributed by atoms with Crippen molar-refractivity contribution in [2.45, 2.75) is 77.7 Å². The predicted molar refractivity (Wildman–Crippen MR) is 90.3 cm³/mol. The van der Waals surface area contributed by atoms with Gasteiger partial charge in [0.05, 0.1) is 0 Å². The zero-order valence-corrected chi connectivity index (χ0v) is 14.5. The molecular formula is C17H32N2O4. The minimum atomic E-state index is -0.977. The Morgan fingerprint density at radius 3 is 2.26 bits per heavy atom. The van der Waals surface area contributed by atoms with Gasteiger partial charge in [-0.1, -0.05) is 20.3 Å². The normalized spacial score (nSPS) is 11.9. The van der Waals surface area contributed by atoms with E-state index >= 15 is 0 Å². The highest BCUT2D eigenvalue weighted by Crippen LogP contribution is 2.06. The topological polar surface area (TPSA) is 95.5 Å². The van der Waals surface area contributed by atoms with E-state index in [2.05, 4.69) is 10.6 Å². The highest BCUT2D eigenvalue weighted by Gasteiger charge is 2.18. The molecule has 23 heavy (non-hydrogen) atoms. The lowest BCUT2D eigenvalue weighted by atomic mass is 10.1. The van der Waals surface area contributed by atoms with Crippen LogP contribution in [0.5, 0.6) is 0 Å². The molecule has 0 spiro atoms. The van der Waals surface area contributed by atoms with Crippen molar-refractivity contribution >= 4 is 17.7 Å². The van der Waals surface area contributed by atoms with Gasteiger partial charge in [-0.05, 0) is 45.2 Å². The lowest BCUT2D eigenvalue weighted by molar-refractivity contribution is -0.142. The van der Waals surface area contributed by atoms with Crippen LogP contribution in [0.3, 0.4) is 0 Å². The monoisotopic (exact) mass is 328 g/mol. The van der Waals surface area contributed by atoms with Gasteiger partial charge in [0.25, 0.3) is 0 Å². The molecular weight excluding hydrogens is 296 g/mol. The Hall–Kier alpha value is -1.43. The summed E-state index contributed by atoms with van der Waals surface area (Å²) in [5.74, 6) is -0.945. The molecule has 0 bridgehead atoms. The van der Waals surface area contributed by atoms with Crippen LogP contribution in [0.2, 0.25) is 0 Å². The maximum Gasteiger partial charge on any atom is 0.326 e. The van der Waals surface area contributed by atoms with Gasteiger partial charge in [-0.15, -0.1) is 0 Å². The smallest absolute Gasteiger partial charge is 0.326 e. The molecule has 3 N–H and O–H groups in total. The molecule has 0 rings (SSSR count). The summed E-state index contributed by atoms with van der Waals surface area (Å²) in [6.45, 7) is 5.65. The first-order valence-corrected chi connectivity index (χ1v) is 8.75. The Bertz CT molecular complexity index is 359. The molecule has 0 radical (unpaired) electrons. The number of carboxylic acid groups (broad SMARTS) is 1. The van der Waals surface area contributed by atoms with Crippen LogP contribution < -0.4 is 10.6 Å². The minimum Gasteiger partial charge on any atom is -0.480 e. The summed E-state index contributed by atoms with van der Waals surface area (Å²) < 4.78 is 0. The second-order valence-corrected chi connectivity index (χ2v) is 5.76. The molecule has 0 aromatic rings. The van der Waals surface area contributed by atoms with E-state index in [4.69, 9.17) is 5.11 Å². The second-order valence-electron chi connectivity index (χ2n) is 5.76. The molecule has 6 heteroatoms. The standard InChI is InChI=1S/C17H32N2O4/c1-3-14(20)10-6-5-7-12-16(21)19-15(17(22)23)11-8-9-13-18-4-2/h15,18H,3-13H2,1-2H3,(H,19,21)(H,22,23). The van der Waals surface area contributed by atoms with Crippen molar-refractivity contribution in [3.63, 3.8) is 0 Å². The van der Waals surface area contributed by atoms with Crippen molar-refractivity contribution in [1.82, 2.24) is 10.6 Å². The number of Topliss-reactive ketones (excluding diaryl/α,β-unsaturated/α-hetero) is 1. The lowest BCUT2D eigenvalue weighted by Crippen LogP contribution is -2.40. The maximum atomic E-state index is 11.8. The van der Waals surface area contributed by atoms with Crippen LogP contribution in [0, 0.1) is 0 Å². The van der Waals surface area contributed by atoms with E-state index in [0.717, 1.165) is 38.8 Å². The summed E-state index contributed by atoms with van der Waals surface area (Å²) in [4.78, 5) is 34.1. The second kappa shape index (κ2) is 14.2. The first kappa shape index (κ1) is 21.6. The molecule has 0 aliphatic heterocycles. The van der Waals surface area contributed by atoms with Crippen LogP contribution in [-0.2, 0) is 14.4 Å². The van der Waals surface area contributed by atoms with Gasteiger partial charge in [-0.3, -0.25) is 9.59 Å². The number of unbranched alkanes of at least 4 members (excludes halogenated alkanes) is 3. The van der Waals surface area contributed by atoms with Crippen LogP contribution in [0.1, 0.15) is 71.6 Å². The van der Waals surface area contributed by atoms with Crippen molar-refractivity contribution in [2.24, 2.45) is 0 Å². The van der Waals surface area contributed by atoms with Gasteiger partial charge in [0.2, 0.25) is 5.91 Å². The number of carboxylic acids is 1. The maximum absolute atomic E-state index is 11.8. The van der Waals surface area contributed by atoms with E-state index in [9.17, 15) is 14.4 Å². The molecule has 1 unspecified atom stereocenters. The van der Waals surface area contributed by atoms with Gasteiger partial charge in [-0.2, -0.15) is 0 Å².